The molecule has 222 valence electrons. The molecular formula is C34H29ClFN3NiO3. The van der Waals surface area contributed by atoms with Crippen molar-refractivity contribution in [3.8, 4) is 0 Å². The minimum atomic E-state index is -1.39. The molecular weight excluding hydrogens is 612 g/mol. The van der Waals surface area contributed by atoms with E-state index in [1.54, 1.807) is 30.3 Å². The molecule has 0 amide bonds. The number of para-hydroxylation sites is 1. The van der Waals surface area contributed by atoms with Gasteiger partial charge in [0.25, 0.3) is 0 Å². The van der Waals surface area contributed by atoms with Gasteiger partial charge in [-0.25, -0.2) is 4.39 Å². The number of rotatable bonds is 10. The van der Waals surface area contributed by atoms with E-state index in [4.69, 9.17) is 11.6 Å². The molecule has 1 heterocycles. The Labute approximate surface area is 265 Å². The summed E-state index contributed by atoms with van der Waals surface area (Å²) in [6, 6.07) is 27.8. The van der Waals surface area contributed by atoms with Crippen molar-refractivity contribution < 1.29 is 35.9 Å². The van der Waals surface area contributed by atoms with Crippen LogP contribution in [0.25, 0.3) is 0 Å². The smallest absolute Gasteiger partial charge is 0.861 e. The molecule has 4 aromatic rings. The molecule has 4 aromatic carbocycles. The third kappa shape index (κ3) is 8.17. The Morgan fingerprint density at radius 1 is 0.953 bits per heavy atom. The molecule has 1 aliphatic rings. The van der Waals surface area contributed by atoms with Crippen molar-refractivity contribution in [3.05, 3.63) is 136 Å². The van der Waals surface area contributed by atoms with E-state index < -0.39 is 23.9 Å². The van der Waals surface area contributed by atoms with Crippen molar-refractivity contribution in [2.24, 2.45) is 9.98 Å². The summed E-state index contributed by atoms with van der Waals surface area (Å²) in [5.74, 6) is -2.13. The first-order valence-electron chi connectivity index (χ1n) is 13.8. The first-order chi connectivity index (χ1) is 20.4. The number of likely N-dealkylation sites (tertiary alicyclic amines) is 1. The Morgan fingerprint density at radius 3 is 2.42 bits per heavy atom. The molecule has 1 fully saturated rings. The van der Waals surface area contributed by atoms with Crippen molar-refractivity contribution in [3.63, 3.8) is 0 Å². The van der Waals surface area contributed by atoms with Crippen LogP contribution in [0.3, 0.4) is 0 Å². The number of nitrogens with zero attached hydrogens (tertiary/aromatic N) is 3. The van der Waals surface area contributed by atoms with Crippen LogP contribution >= 0.6 is 11.6 Å². The molecule has 43 heavy (non-hydrogen) atoms. The molecule has 0 N–H and O–H groups in total. The predicted molar refractivity (Wildman–Crippen MR) is 159 cm³/mol. The van der Waals surface area contributed by atoms with Crippen LogP contribution in [0.4, 0.5) is 10.1 Å². The normalized spacial score (nSPS) is 16.5. The Kier molecular flexibility index (Phi) is 11.2. The third-order valence-electron chi connectivity index (χ3n) is 7.29. The van der Waals surface area contributed by atoms with Gasteiger partial charge in [0.15, 0.2) is 0 Å². The van der Waals surface area contributed by atoms with Gasteiger partial charge in [0, 0.05) is 35.2 Å². The van der Waals surface area contributed by atoms with Gasteiger partial charge in [0.1, 0.15) is 5.82 Å². The minimum Gasteiger partial charge on any atom is -0.861 e. The average Bonchev–Trinajstić information content (AvgIpc) is 3.46. The number of halogens is 2. The van der Waals surface area contributed by atoms with E-state index in [0.29, 0.717) is 46.1 Å². The number of carbonyl (C=O) groups excluding carboxylic acids is 1. The van der Waals surface area contributed by atoms with Crippen molar-refractivity contribution in [1.29, 1.82) is 0 Å². The van der Waals surface area contributed by atoms with E-state index >= 15 is 0 Å². The Bertz CT molecular complexity index is 1620. The zero-order valence-corrected chi connectivity index (χ0v) is 24.9. The maximum absolute atomic E-state index is 13.8. The maximum atomic E-state index is 13.8. The first kappa shape index (κ1) is 32.1. The summed E-state index contributed by atoms with van der Waals surface area (Å²) in [7, 11) is 0. The quantitative estimate of drug-likeness (QED) is 0.142. The largest absolute Gasteiger partial charge is 2.00 e. The van der Waals surface area contributed by atoms with Gasteiger partial charge in [0.05, 0.1) is 23.4 Å². The second kappa shape index (κ2) is 15.1. The van der Waals surface area contributed by atoms with Crippen molar-refractivity contribution in [2.75, 3.05) is 6.54 Å². The number of carbonyl (C=O) groups is 1. The van der Waals surface area contributed by atoms with Gasteiger partial charge in [-0.05, 0) is 60.7 Å². The molecule has 9 heteroatoms. The average molecular weight is 641 g/mol. The van der Waals surface area contributed by atoms with Crippen molar-refractivity contribution >= 4 is 34.9 Å². The SMILES string of the molecule is O=C([O-])[C@H](Cc1cccc(F)c1)N=C(c1ccccc1)c1ccccc1N=C([O-])[C@@H]1CCCN1Cc1ccccc1Cl.[Ni+2]. The molecule has 1 aliphatic heterocycles. The van der Waals surface area contributed by atoms with E-state index in [-0.39, 0.29) is 28.8 Å². The van der Waals surface area contributed by atoms with Crippen molar-refractivity contribution in [1.82, 2.24) is 4.90 Å². The summed E-state index contributed by atoms with van der Waals surface area (Å²) in [5.41, 5.74) is 3.33. The van der Waals surface area contributed by atoms with Crippen LogP contribution in [0.2, 0.25) is 5.02 Å². The second-order valence-corrected chi connectivity index (χ2v) is 10.6. The Hall–Kier alpha value is -3.84. The fourth-order valence-corrected chi connectivity index (χ4v) is 5.42. The van der Waals surface area contributed by atoms with E-state index in [0.717, 1.165) is 18.5 Å². The van der Waals surface area contributed by atoms with Gasteiger partial charge < -0.3 is 15.0 Å². The van der Waals surface area contributed by atoms with Crippen LogP contribution in [0.15, 0.2) is 113 Å². The summed E-state index contributed by atoms with van der Waals surface area (Å²) in [6.45, 7) is 1.29. The maximum Gasteiger partial charge on any atom is 2.00 e. The number of carboxylic acid groups (broad SMARTS) is 1. The summed E-state index contributed by atoms with van der Waals surface area (Å²) in [4.78, 5) is 23.5. The summed E-state index contributed by atoms with van der Waals surface area (Å²) >= 11 is 6.38. The summed E-state index contributed by atoms with van der Waals surface area (Å²) in [5, 5.41) is 26.5. The van der Waals surface area contributed by atoms with E-state index in [9.17, 15) is 19.4 Å². The third-order valence-corrected chi connectivity index (χ3v) is 7.66. The van der Waals surface area contributed by atoms with Crippen LogP contribution in [-0.2, 0) is 34.3 Å². The van der Waals surface area contributed by atoms with Gasteiger partial charge >= 0.3 is 16.5 Å². The Morgan fingerprint density at radius 2 is 1.67 bits per heavy atom. The molecule has 0 saturated carbocycles. The Balaban J connectivity index is 0.00000423. The standard InChI is InChI=1S/C34H31ClFN3O3.Ni/c35-28-16-6-4-13-25(28)22-39-19-9-18-31(39)33(40)38-29-17-7-5-15-27(29)32(24-11-2-1-3-12-24)37-30(34(41)42)21-23-10-8-14-26(36)20-23;/h1-8,10-17,20,30-31H,9,18-19,21-22H2,(H,38,40)(H,41,42);/q;+2/p-2/t30-,31-;/m0./s1. The van der Waals surface area contributed by atoms with Crippen LogP contribution in [0, 0.1) is 5.82 Å². The number of carboxylic acids is 1. The first-order valence-corrected chi connectivity index (χ1v) is 14.2. The fourth-order valence-electron chi connectivity index (χ4n) is 5.23. The van der Waals surface area contributed by atoms with Gasteiger partial charge in [0.2, 0.25) is 0 Å². The molecule has 0 spiro atoms. The van der Waals surface area contributed by atoms with Gasteiger partial charge in [-0.1, -0.05) is 90.5 Å². The van der Waals surface area contributed by atoms with Gasteiger partial charge in [-0.2, -0.15) is 0 Å². The topological polar surface area (TPSA) is 91.1 Å². The number of benzene rings is 4. The van der Waals surface area contributed by atoms with Crippen molar-refractivity contribution in [2.45, 2.75) is 37.9 Å². The molecule has 0 bridgehead atoms. The zero-order valence-electron chi connectivity index (χ0n) is 23.1. The van der Waals surface area contributed by atoms with Crippen LogP contribution < -0.4 is 10.2 Å². The van der Waals surface area contributed by atoms with Crippen LogP contribution in [0.1, 0.15) is 35.1 Å². The fraction of sp³-hybridized carbons (Fsp3) is 0.206. The van der Waals surface area contributed by atoms with Crippen LogP contribution in [0.5, 0.6) is 0 Å². The molecule has 5 rings (SSSR count). The van der Waals surface area contributed by atoms with Gasteiger partial charge in [-0.15, -0.1) is 0 Å². The number of aliphatic imine (C=N–C) groups is 2. The number of hydrogen-bond acceptors (Lipinski definition) is 6. The molecule has 6 nitrogen and oxygen atoms in total. The molecule has 0 aromatic heterocycles. The van der Waals surface area contributed by atoms with E-state index in [1.165, 1.54) is 18.2 Å². The van der Waals surface area contributed by atoms with Crippen LogP contribution in [-0.4, -0.2) is 41.1 Å². The molecule has 0 radical (unpaired) electrons. The molecule has 1 saturated heterocycles. The second-order valence-electron chi connectivity index (χ2n) is 10.2. The molecule has 2 atom stereocenters. The van der Waals surface area contributed by atoms with E-state index in [1.807, 2.05) is 54.6 Å². The monoisotopic (exact) mass is 639 g/mol. The zero-order chi connectivity index (χ0) is 29.5. The molecule has 0 unspecified atom stereocenters. The predicted octanol–water partition coefficient (Wildman–Crippen LogP) is 4.73. The molecule has 0 aliphatic carbocycles. The number of aliphatic carboxylic acids is 1. The van der Waals surface area contributed by atoms with Gasteiger partial charge in [-0.3, -0.25) is 14.9 Å². The number of hydrogen-bond donors (Lipinski definition) is 0. The summed E-state index contributed by atoms with van der Waals surface area (Å²) in [6.07, 6.45) is 1.48. The van der Waals surface area contributed by atoms with E-state index in [2.05, 4.69) is 14.9 Å². The minimum absolute atomic E-state index is 0. The summed E-state index contributed by atoms with van der Waals surface area (Å²) < 4.78 is 13.8.